The molecule has 2 aliphatic rings. The Kier molecular flexibility index (Phi) is 15.3. The molecule has 0 spiro atoms. The first-order chi connectivity index (χ1) is 24.2. The van der Waals surface area contributed by atoms with Gasteiger partial charge < -0.3 is 44.7 Å². The molecular formula is C34H41N3O12S. The molecule has 2 aliphatic heterocycles. The van der Waals surface area contributed by atoms with E-state index < -0.39 is 23.9 Å². The average molecular weight is 716 g/mol. The topological polar surface area (TPSA) is 205 Å². The second-order valence-corrected chi connectivity index (χ2v) is 12.6. The van der Waals surface area contributed by atoms with E-state index in [1.165, 1.54) is 48.5 Å². The summed E-state index contributed by atoms with van der Waals surface area (Å²) in [5, 5.41) is 18.1. The summed E-state index contributed by atoms with van der Waals surface area (Å²) in [6.45, 7) is 1.14. The molecule has 0 bridgehead atoms. The Morgan fingerprint density at radius 3 is 1.76 bits per heavy atom. The van der Waals surface area contributed by atoms with Gasteiger partial charge in [0.15, 0.2) is 0 Å². The van der Waals surface area contributed by atoms with Gasteiger partial charge in [-0.05, 0) is 61.4 Å². The summed E-state index contributed by atoms with van der Waals surface area (Å²) in [7, 11) is 0. The molecule has 0 radical (unpaired) electrons. The number of thioether (sulfide) groups is 1. The van der Waals surface area contributed by atoms with Gasteiger partial charge in [0.2, 0.25) is 5.91 Å². The number of carbonyl (C=O) groups is 6. The third-order valence-corrected chi connectivity index (χ3v) is 9.26. The maximum absolute atomic E-state index is 12.3. The zero-order valence-corrected chi connectivity index (χ0v) is 28.2. The Hall–Kier alpha value is -4.67. The second-order valence-electron chi connectivity index (χ2n) is 11.3. The number of carboxylic acid groups (broad SMARTS) is 1. The first-order valence-corrected chi connectivity index (χ1v) is 17.3. The molecule has 2 saturated heterocycles. The van der Waals surface area contributed by atoms with Crippen LogP contribution in [0.5, 0.6) is 0 Å². The van der Waals surface area contributed by atoms with Gasteiger partial charge in [-0.1, -0.05) is 6.42 Å². The number of carboxylic acids is 1. The normalized spacial score (nSPS) is 17.6. The van der Waals surface area contributed by atoms with Gasteiger partial charge in [0, 0.05) is 24.0 Å². The average Bonchev–Trinajstić information content (AvgIpc) is 3.68. The SMILES string of the molecule is O=C(CCCCC1SC[C@H]2NC(=O)N[C@@H]12)NCCOCCOCCOC(=O)c1ccc(C(=O)OCCOC(=O)c2ccc(C(=O)O)cc2)cc1. The lowest BCUT2D eigenvalue weighted by atomic mass is 10.0. The Morgan fingerprint density at radius 1 is 0.700 bits per heavy atom. The van der Waals surface area contributed by atoms with Gasteiger partial charge in [0.1, 0.15) is 19.8 Å². The van der Waals surface area contributed by atoms with Crippen LogP contribution in [-0.4, -0.2) is 117 Å². The number of aromatic carboxylic acids is 1. The van der Waals surface area contributed by atoms with Crippen molar-refractivity contribution < 1.29 is 57.6 Å². The van der Waals surface area contributed by atoms with Crippen molar-refractivity contribution in [2.24, 2.45) is 0 Å². The molecule has 0 aromatic heterocycles. The van der Waals surface area contributed by atoms with Crippen LogP contribution >= 0.6 is 11.8 Å². The number of esters is 3. The fourth-order valence-corrected chi connectivity index (χ4v) is 6.69. The van der Waals surface area contributed by atoms with E-state index in [0.29, 0.717) is 38.0 Å². The van der Waals surface area contributed by atoms with Gasteiger partial charge in [-0.25, -0.2) is 24.0 Å². The molecule has 2 aromatic carbocycles. The van der Waals surface area contributed by atoms with Crippen LogP contribution in [0.4, 0.5) is 4.79 Å². The summed E-state index contributed by atoms with van der Waals surface area (Å²) in [6.07, 6.45) is 3.14. The number of amides is 3. The van der Waals surface area contributed by atoms with E-state index in [4.69, 9.17) is 28.8 Å². The Bertz CT molecular complexity index is 1470. The number of ether oxygens (including phenoxy) is 5. The maximum atomic E-state index is 12.3. The van der Waals surface area contributed by atoms with Crippen molar-refractivity contribution >= 4 is 47.6 Å². The summed E-state index contributed by atoms with van der Waals surface area (Å²) >= 11 is 1.87. The number of hydrogen-bond donors (Lipinski definition) is 4. The van der Waals surface area contributed by atoms with E-state index in [9.17, 15) is 28.8 Å². The van der Waals surface area contributed by atoms with Crippen molar-refractivity contribution in [3.63, 3.8) is 0 Å². The number of carbonyl (C=O) groups excluding carboxylic acids is 5. The predicted molar refractivity (Wildman–Crippen MR) is 179 cm³/mol. The van der Waals surface area contributed by atoms with E-state index >= 15 is 0 Å². The molecule has 2 aromatic rings. The molecule has 270 valence electrons. The van der Waals surface area contributed by atoms with E-state index in [2.05, 4.69) is 16.0 Å². The number of rotatable bonds is 21. The third kappa shape index (κ3) is 12.3. The van der Waals surface area contributed by atoms with Crippen molar-refractivity contribution in [3.05, 3.63) is 70.8 Å². The molecule has 1 unspecified atom stereocenters. The van der Waals surface area contributed by atoms with Crippen molar-refractivity contribution in [1.29, 1.82) is 0 Å². The van der Waals surface area contributed by atoms with Gasteiger partial charge in [-0.15, -0.1) is 0 Å². The minimum absolute atomic E-state index is 0.0183. The van der Waals surface area contributed by atoms with E-state index in [1.807, 2.05) is 11.8 Å². The largest absolute Gasteiger partial charge is 0.478 e. The molecule has 0 saturated carbocycles. The fourth-order valence-electron chi connectivity index (χ4n) is 5.15. The Labute approximate surface area is 293 Å². The van der Waals surface area contributed by atoms with Crippen molar-refractivity contribution in [2.45, 2.75) is 43.0 Å². The van der Waals surface area contributed by atoms with Crippen molar-refractivity contribution in [3.8, 4) is 0 Å². The number of benzene rings is 2. The molecule has 16 heteroatoms. The molecule has 50 heavy (non-hydrogen) atoms. The highest BCUT2D eigenvalue weighted by Gasteiger charge is 2.42. The number of hydrogen-bond acceptors (Lipinski definition) is 12. The highest BCUT2D eigenvalue weighted by atomic mass is 32.2. The van der Waals surface area contributed by atoms with Crippen LogP contribution in [0.15, 0.2) is 48.5 Å². The first-order valence-electron chi connectivity index (χ1n) is 16.3. The molecular weight excluding hydrogens is 674 g/mol. The van der Waals surface area contributed by atoms with Gasteiger partial charge in [-0.3, -0.25) is 4.79 Å². The first kappa shape index (κ1) is 38.1. The fraction of sp³-hybridized carbons (Fsp3) is 0.471. The monoisotopic (exact) mass is 715 g/mol. The molecule has 15 nitrogen and oxygen atoms in total. The molecule has 0 aliphatic carbocycles. The van der Waals surface area contributed by atoms with E-state index in [1.54, 1.807) is 0 Å². The van der Waals surface area contributed by atoms with Crippen LogP contribution in [0.3, 0.4) is 0 Å². The van der Waals surface area contributed by atoms with Crippen LogP contribution in [0.25, 0.3) is 0 Å². The summed E-state index contributed by atoms with van der Waals surface area (Å²) < 4.78 is 26.2. The third-order valence-electron chi connectivity index (χ3n) is 7.76. The van der Waals surface area contributed by atoms with E-state index in [0.717, 1.165) is 25.0 Å². The summed E-state index contributed by atoms with van der Waals surface area (Å²) in [5.74, 6) is -2.15. The lowest BCUT2D eigenvalue weighted by Crippen LogP contribution is -2.36. The lowest BCUT2D eigenvalue weighted by molar-refractivity contribution is -0.121. The van der Waals surface area contributed by atoms with Crippen molar-refractivity contribution in [2.75, 3.05) is 58.5 Å². The van der Waals surface area contributed by atoms with Gasteiger partial charge in [0.05, 0.1) is 60.8 Å². The molecule has 3 amide bonds. The second kappa shape index (κ2) is 20.1. The Balaban J connectivity index is 0.950. The van der Waals surface area contributed by atoms with Gasteiger partial charge >= 0.3 is 29.9 Å². The number of fused-ring (bicyclic) bond motifs is 1. The zero-order chi connectivity index (χ0) is 35.7. The van der Waals surface area contributed by atoms with E-state index in [-0.39, 0.29) is 72.7 Å². The van der Waals surface area contributed by atoms with Crippen LogP contribution in [-0.2, 0) is 28.5 Å². The molecule has 4 rings (SSSR count). The quantitative estimate of drug-likeness (QED) is 0.0635. The summed E-state index contributed by atoms with van der Waals surface area (Å²) in [6, 6.07) is 11.2. The maximum Gasteiger partial charge on any atom is 0.338 e. The standard InChI is InChI=1S/C34H41N3O12S/c38-28(4-2-1-3-27-29-26(21-50-27)36-34(44)37-29)35-13-14-45-15-16-46-17-18-47-31(41)24-9-11-25(12-10-24)33(43)49-20-19-48-32(42)23-7-5-22(6-8-23)30(39)40/h5-12,26-27,29H,1-4,13-21H2,(H,35,38)(H,39,40)(H2,36,37,44)/t26-,27?,29-/m1/s1. The van der Waals surface area contributed by atoms with Crippen LogP contribution in [0.2, 0.25) is 0 Å². The summed E-state index contributed by atoms with van der Waals surface area (Å²) in [5.41, 5.74) is 0.619. The van der Waals surface area contributed by atoms with Crippen LogP contribution in [0.1, 0.15) is 67.1 Å². The number of unbranched alkanes of at least 4 members (excludes halogenated alkanes) is 1. The van der Waals surface area contributed by atoms with Crippen LogP contribution < -0.4 is 16.0 Å². The highest BCUT2D eigenvalue weighted by Crippen LogP contribution is 2.33. The summed E-state index contributed by atoms with van der Waals surface area (Å²) in [4.78, 5) is 71.0. The smallest absolute Gasteiger partial charge is 0.338 e. The number of urea groups is 1. The minimum atomic E-state index is -1.11. The minimum Gasteiger partial charge on any atom is -0.478 e. The molecule has 2 heterocycles. The van der Waals surface area contributed by atoms with Gasteiger partial charge in [-0.2, -0.15) is 11.8 Å². The van der Waals surface area contributed by atoms with Crippen LogP contribution in [0, 0.1) is 0 Å². The lowest BCUT2D eigenvalue weighted by Gasteiger charge is -2.16. The molecule has 2 fully saturated rings. The zero-order valence-electron chi connectivity index (χ0n) is 27.4. The molecule has 3 atom stereocenters. The highest BCUT2D eigenvalue weighted by molar-refractivity contribution is 8.00. The van der Waals surface area contributed by atoms with Crippen molar-refractivity contribution in [1.82, 2.24) is 16.0 Å². The molecule has 4 N–H and O–H groups in total. The predicted octanol–water partition coefficient (Wildman–Crippen LogP) is 2.43. The number of nitrogens with one attached hydrogen (secondary N) is 3. The van der Waals surface area contributed by atoms with Gasteiger partial charge in [0.25, 0.3) is 0 Å². The Morgan fingerprint density at radius 2 is 1.20 bits per heavy atom.